The summed E-state index contributed by atoms with van der Waals surface area (Å²) in [5.74, 6) is -2.59. The molecule has 12 nitrogen and oxygen atoms in total. The molecule has 1 saturated carbocycles. The van der Waals surface area contributed by atoms with E-state index in [1.165, 1.54) is 30.6 Å². The molecule has 1 aliphatic carbocycles. The second kappa shape index (κ2) is 15.1. The predicted molar refractivity (Wildman–Crippen MR) is 140 cm³/mol. The third-order valence-corrected chi connectivity index (χ3v) is 8.60. The van der Waals surface area contributed by atoms with Crippen LogP contribution in [0.1, 0.15) is 64.7 Å². The first-order valence-electron chi connectivity index (χ1n) is 13.1. The van der Waals surface area contributed by atoms with Crippen LogP contribution in [0.4, 0.5) is 0 Å². The number of aliphatic carboxylic acids is 2. The van der Waals surface area contributed by atoms with Gasteiger partial charge in [0, 0.05) is 44.6 Å². The van der Waals surface area contributed by atoms with Gasteiger partial charge in [-0.1, -0.05) is 0 Å². The lowest BCUT2D eigenvalue weighted by atomic mass is 9.81. The Balaban J connectivity index is 1.68. The first kappa shape index (κ1) is 31.5. The highest BCUT2D eigenvalue weighted by molar-refractivity contribution is 8.00. The third kappa shape index (κ3) is 9.26. The molecule has 2 rings (SSSR count). The Kier molecular flexibility index (Phi) is 12.5. The molecule has 4 amide bonds. The quantitative estimate of drug-likeness (QED) is 0.165. The SMILES string of the molecule is C[C@@H](C(=O)O)N(C)C(=O)CCSC1CC(=O)N(CC2CCC(C(=O)NCCCCC(N)C(=O)O)CC2)C1=O. The van der Waals surface area contributed by atoms with Crippen molar-refractivity contribution in [2.45, 2.75) is 82.0 Å². The average Bonchev–Trinajstić information content (AvgIpc) is 3.14. The van der Waals surface area contributed by atoms with Crippen LogP contribution in [0.25, 0.3) is 0 Å². The van der Waals surface area contributed by atoms with Gasteiger partial charge in [0.15, 0.2) is 0 Å². The highest BCUT2D eigenvalue weighted by atomic mass is 32.2. The second-order valence-corrected chi connectivity index (χ2v) is 11.4. The van der Waals surface area contributed by atoms with Gasteiger partial charge in [0.25, 0.3) is 0 Å². The highest BCUT2D eigenvalue weighted by Crippen LogP contribution is 2.32. The van der Waals surface area contributed by atoms with Gasteiger partial charge in [-0.2, -0.15) is 0 Å². The van der Waals surface area contributed by atoms with E-state index in [1.807, 2.05) is 0 Å². The van der Waals surface area contributed by atoms with Crippen molar-refractivity contribution in [3.05, 3.63) is 0 Å². The standard InChI is InChI=1S/C25H40N4O8S/c1-15(24(34)35)28(2)20(30)10-12-38-19-13-21(31)29(23(19)33)14-16-6-8-17(9-7-16)22(32)27-11-4-3-5-18(26)25(36)37/h15-19H,3-14,26H2,1-2H3,(H,27,32)(H,34,35)(H,36,37)/t15-,16?,17?,18?,19?/m0/s1. The van der Waals surface area contributed by atoms with E-state index in [-0.39, 0.29) is 48.3 Å². The summed E-state index contributed by atoms with van der Waals surface area (Å²) in [5.41, 5.74) is 5.47. The molecular formula is C25H40N4O8S. The number of hydrogen-bond donors (Lipinski definition) is 4. The Hall–Kier alpha value is -2.67. The minimum atomic E-state index is -1.09. The minimum Gasteiger partial charge on any atom is -0.480 e. The highest BCUT2D eigenvalue weighted by Gasteiger charge is 2.40. The fourth-order valence-electron chi connectivity index (χ4n) is 4.66. The summed E-state index contributed by atoms with van der Waals surface area (Å²) in [7, 11) is 1.43. The number of unbranched alkanes of at least 4 members (excludes halogenated alkanes) is 1. The van der Waals surface area contributed by atoms with E-state index in [1.54, 1.807) is 0 Å². The largest absolute Gasteiger partial charge is 0.480 e. The van der Waals surface area contributed by atoms with Crippen LogP contribution >= 0.6 is 11.8 Å². The van der Waals surface area contributed by atoms with Crippen LogP contribution in [0, 0.1) is 11.8 Å². The predicted octanol–water partition coefficient (Wildman–Crippen LogP) is 0.674. The van der Waals surface area contributed by atoms with Crippen molar-refractivity contribution >= 4 is 47.3 Å². The lowest BCUT2D eigenvalue weighted by Gasteiger charge is -2.30. The topological polar surface area (TPSA) is 187 Å². The Bertz CT molecular complexity index is 893. The molecular weight excluding hydrogens is 516 g/mol. The number of nitrogens with zero attached hydrogens (tertiary/aromatic N) is 2. The lowest BCUT2D eigenvalue weighted by molar-refractivity contribution is -0.148. The number of thioether (sulfide) groups is 1. The van der Waals surface area contributed by atoms with Gasteiger partial charge in [-0.15, -0.1) is 11.8 Å². The summed E-state index contributed by atoms with van der Waals surface area (Å²) in [6, 6.07) is -1.82. The van der Waals surface area contributed by atoms with Crippen LogP contribution in [-0.2, 0) is 28.8 Å². The van der Waals surface area contributed by atoms with Crippen molar-refractivity contribution in [2.75, 3.05) is 25.9 Å². The summed E-state index contributed by atoms with van der Waals surface area (Å²) < 4.78 is 0. The van der Waals surface area contributed by atoms with E-state index in [9.17, 15) is 28.8 Å². The molecule has 5 N–H and O–H groups in total. The monoisotopic (exact) mass is 556 g/mol. The van der Waals surface area contributed by atoms with Gasteiger partial charge in [0.1, 0.15) is 12.1 Å². The molecule has 2 aliphatic rings. The van der Waals surface area contributed by atoms with E-state index < -0.39 is 29.3 Å². The number of rotatable bonds is 15. The minimum absolute atomic E-state index is 0.0197. The summed E-state index contributed by atoms with van der Waals surface area (Å²) in [6.07, 6.45) is 4.66. The van der Waals surface area contributed by atoms with Crippen LogP contribution < -0.4 is 11.1 Å². The van der Waals surface area contributed by atoms with Crippen LogP contribution in [0.5, 0.6) is 0 Å². The first-order valence-corrected chi connectivity index (χ1v) is 14.2. The molecule has 2 fully saturated rings. The maximum absolute atomic E-state index is 12.8. The molecule has 0 bridgehead atoms. The normalized spacial score (nSPS) is 23.1. The third-order valence-electron chi connectivity index (χ3n) is 7.39. The molecule has 2 unspecified atom stereocenters. The average molecular weight is 557 g/mol. The maximum atomic E-state index is 12.8. The number of amides is 4. The Morgan fingerprint density at radius 1 is 1.11 bits per heavy atom. The van der Waals surface area contributed by atoms with Crippen molar-refractivity contribution < 1.29 is 39.0 Å². The van der Waals surface area contributed by atoms with Crippen LogP contribution in [0.3, 0.4) is 0 Å². The number of hydrogen-bond acceptors (Lipinski definition) is 8. The van der Waals surface area contributed by atoms with Crippen LogP contribution in [-0.4, -0.2) is 98.8 Å². The number of imide groups is 1. The smallest absolute Gasteiger partial charge is 0.326 e. The van der Waals surface area contributed by atoms with Gasteiger partial charge < -0.3 is 26.2 Å². The fourth-order valence-corrected chi connectivity index (χ4v) is 5.76. The number of carboxylic acid groups (broad SMARTS) is 2. The zero-order valence-corrected chi connectivity index (χ0v) is 22.9. The molecule has 1 heterocycles. The van der Waals surface area contributed by atoms with Crippen LogP contribution in [0.15, 0.2) is 0 Å². The van der Waals surface area contributed by atoms with E-state index in [0.29, 0.717) is 50.9 Å². The summed E-state index contributed by atoms with van der Waals surface area (Å²) in [4.78, 5) is 74.2. The second-order valence-electron chi connectivity index (χ2n) is 10.1. The molecule has 38 heavy (non-hydrogen) atoms. The Labute approximate surface area is 227 Å². The van der Waals surface area contributed by atoms with Crippen LogP contribution in [0.2, 0.25) is 0 Å². The number of carbonyl (C=O) groups excluding carboxylic acids is 4. The molecule has 1 aliphatic heterocycles. The number of likely N-dealkylation sites (N-methyl/N-ethyl adjacent to an activating group) is 1. The van der Waals surface area contributed by atoms with Crippen molar-refractivity contribution in [1.82, 2.24) is 15.1 Å². The maximum Gasteiger partial charge on any atom is 0.326 e. The fraction of sp³-hybridized carbons (Fsp3) is 0.760. The van der Waals surface area contributed by atoms with Gasteiger partial charge in [0.2, 0.25) is 23.6 Å². The van der Waals surface area contributed by atoms with Gasteiger partial charge in [-0.05, 0) is 57.8 Å². The molecule has 1 saturated heterocycles. The Morgan fingerprint density at radius 3 is 2.37 bits per heavy atom. The zero-order chi connectivity index (χ0) is 28.4. The molecule has 0 aromatic carbocycles. The number of likely N-dealkylation sites (tertiary alicyclic amines) is 1. The molecule has 0 spiro atoms. The number of carbonyl (C=O) groups is 6. The van der Waals surface area contributed by atoms with Crippen molar-refractivity contribution in [3.8, 4) is 0 Å². The molecule has 3 atom stereocenters. The molecule has 214 valence electrons. The van der Waals surface area contributed by atoms with Crippen molar-refractivity contribution in [2.24, 2.45) is 17.6 Å². The molecule has 0 radical (unpaired) electrons. The summed E-state index contributed by atoms with van der Waals surface area (Å²) >= 11 is 1.25. The first-order chi connectivity index (χ1) is 17.9. The number of nitrogens with one attached hydrogen (secondary N) is 1. The molecule has 0 aromatic rings. The summed E-state index contributed by atoms with van der Waals surface area (Å²) in [5, 5.41) is 20.2. The molecule has 0 aromatic heterocycles. The van der Waals surface area contributed by atoms with E-state index in [0.717, 1.165) is 17.7 Å². The Morgan fingerprint density at radius 2 is 1.76 bits per heavy atom. The van der Waals surface area contributed by atoms with E-state index in [2.05, 4.69) is 5.32 Å². The van der Waals surface area contributed by atoms with Gasteiger partial charge in [0.05, 0.1) is 5.25 Å². The van der Waals surface area contributed by atoms with Gasteiger partial charge >= 0.3 is 11.9 Å². The zero-order valence-electron chi connectivity index (χ0n) is 22.1. The molecule has 13 heteroatoms. The van der Waals surface area contributed by atoms with Crippen molar-refractivity contribution in [1.29, 1.82) is 0 Å². The number of nitrogens with two attached hydrogens (primary N) is 1. The van der Waals surface area contributed by atoms with E-state index in [4.69, 9.17) is 15.9 Å². The number of carboxylic acids is 2. The lowest BCUT2D eigenvalue weighted by Crippen LogP contribution is -2.40. The summed E-state index contributed by atoms with van der Waals surface area (Å²) in [6.45, 7) is 2.24. The van der Waals surface area contributed by atoms with E-state index >= 15 is 0 Å². The van der Waals surface area contributed by atoms with Gasteiger partial charge in [-0.3, -0.25) is 28.9 Å². The van der Waals surface area contributed by atoms with Crippen molar-refractivity contribution in [3.63, 3.8) is 0 Å². The van der Waals surface area contributed by atoms with Gasteiger partial charge in [-0.25, -0.2) is 4.79 Å².